The summed E-state index contributed by atoms with van der Waals surface area (Å²) >= 11 is 0. The molecular weight excluding hydrogens is 102 g/mol. The van der Waals surface area contributed by atoms with E-state index >= 15 is 0 Å². The Kier molecular flexibility index (Phi) is 1.16. The van der Waals surface area contributed by atoms with Crippen LogP contribution in [0.3, 0.4) is 0 Å². The second-order valence-electron chi connectivity index (χ2n) is 1.98. The van der Waals surface area contributed by atoms with Crippen molar-refractivity contribution in [3.8, 4) is 0 Å². The Labute approximate surface area is 49.7 Å². The number of rotatable bonds is 0. The van der Waals surface area contributed by atoms with E-state index in [0.717, 1.165) is 5.76 Å². The summed E-state index contributed by atoms with van der Waals surface area (Å²) in [6.45, 7) is 5.64. The average Bonchev–Trinajstić information content (AvgIpc) is 1.85. The van der Waals surface area contributed by atoms with Gasteiger partial charge in [0, 0.05) is 20.2 Å². The molecule has 45 valence electrons. The zero-order chi connectivity index (χ0) is 6.15. The first-order chi connectivity index (χ1) is 3.70. The molecule has 8 heavy (non-hydrogen) atoms. The smallest absolute Gasteiger partial charge is 0.171 e. The topological polar surface area (TPSA) is 12.5 Å². The SMILES string of the molecule is [CH2]C1OC(C)=CN1C. The van der Waals surface area contributed by atoms with Gasteiger partial charge in [0.05, 0.1) is 0 Å². The Balaban J connectivity index is 2.56. The molecule has 1 radical (unpaired) electrons. The van der Waals surface area contributed by atoms with E-state index in [-0.39, 0.29) is 6.23 Å². The molecule has 0 aromatic carbocycles. The minimum absolute atomic E-state index is 0.0185. The van der Waals surface area contributed by atoms with Crippen LogP contribution >= 0.6 is 0 Å². The fraction of sp³-hybridized carbons (Fsp3) is 0.500. The van der Waals surface area contributed by atoms with Gasteiger partial charge in [-0.25, -0.2) is 0 Å². The van der Waals surface area contributed by atoms with Crippen LogP contribution in [0.1, 0.15) is 6.92 Å². The molecule has 1 atom stereocenters. The zero-order valence-corrected chi connectivity index (χ0v) is 5.22. The zero-order valence-electron chi connectivity index (χ0n) is 5.22. The fourth-order valence-corrected chi connectivity index (χ4v) is 0.698. The Morgan fingerprint density at radius 1 is 1.88 bits per heavy atom. The van der Waals surface area contributed by atoms with E-state index in [2.05, 4.69) is 6.92 Å². The average molecular weight is 112 g/mol. The lowest BCUT2D eigenvalue weighted by molar-refractivity contribution is 0.0978. The van der Waals surface area contributed by atoms with Gasteiger partial charge < -0.3 is 9.64 Å². The van der Waals surface area contributed by atoms with Crippen LogP contribution in [0.25, 0.3) is 0 Å². The quantitative estimate of drug-likeness (QED) is 0.463. The highest BCUT2D eigenvalue weighted by Gasteiger charge is 2.13. The van der Waals surface area contributed by atoms with Gasteiger partial charge in [0.15, 0.2) is 6.23 Å². The standard InChI is InChI=1S/C6H10NO/c1-5-4-7(3)6(2)8-5/h4,6H,2H2,1,3H3. The number of allylic oxidation sites excluding steroid dienone is 1. The van der Waals surface area contributed by atoms with Gasteiger partial charge in [0.25, 0.3) is 0 Å². The van der Waals surface area contributed by atoms with Gasteiger partial charge >= 0.3 is 0 Å². The van der Waals surface area contributed by atoms with Gasteiger partial charge in [-0.05, 0) is 6.92 Å². The summed E-state index contributed by atoms with van der Waals surface area (Å²) in [7, 11) is 1.94. The van der Waals surface area contributed by atoms with Crippen LogP contribution in [0.5, 0.6) is 0 Å². The fourth-order valence-electron chi connectivity index (χ4n) is 0.698. The summed E-state index contributed by atoms with van der Waals surface area (Å²) in [6, 6.07) is 0. The Morgan fingerprint density at radius 2 is 2.50 bits per heavy atom. The molecule has 0 fully saturated rings. The molecule has 1 aliphatic rings. The highest BCUT2D eigenvalue weighted by Crippen LogP contribution is 2.13. The molecule has 0 spiro atoms. The molecule has 1 unspecified atom stereocenters. The lowest BCUT2D eigenvalue weighted by Gasteiger charge is -2.13. The summed E-state index contributed by atoms with van der Waals surface area (Å²) in [5, 5.41) is 0. The molecule has 0 aliphatic carbocycles. The van der Waals surface area contributed by atoms with Crippen molar-refractivity contribution in [2.24, 2.45) is 0 Å². The second-order valence-corrected chi connectivity index (χ2v) is 1.98. The highest BCUT2D eigenvalue weighted by molar-refractivity contribution is 4.95. The van der Waals surface area contributed by atoms with E-state index in [9.17, 15) is 0 Å². The predicted octanol–water partition coefficient (Wildman–Crippen LogP) is 0.970. The van der Waals surface area contributed by atoms with Crippen molar-refractivity contribution in [2.45, 2.75) is 13.2 Å². The van der Waals surface area contributed by atoms with E-state index in [4.69, 9.17) is 4.74 Å². The third kappa shape index (κ3) is 0.782. The molecule has 0 saturated heterocycles. The van der Waals surface area contributed by atoms with Crippen molar-refractivity contribution < 1.29 is 4.74 Å². The van der Waals surface area contributed by atoms with Gasteiger partial charge in [0.1, 0.15) is 5.76 Å². The molecule has 0 N–H and O–H groups in total. The minimum atomic E-state index is -0.0185. The Morgan fingerprint density at radius 3 is 2.62 bits per heavy atom. The first-order valence-corrected chi connectivity index (χ1v) is 2.60. The van der Waals surface area contributed by atoms with Gasteiger partial charge in [-0.15, -0.1) is 0 Å². The van der Waals surface area contributed by atoms with Gasteiger partial charge in [-0.2, -0.15) is 0 Å². The van der Waals surface area contributed by atoms with Crippen LogP contribution < -0.4 is 0 Å². The van der Waals surface area contributed by atoms with Gasteiger partial charge in [0.2, 0.25) is 0 Å². The lowest BCUT2D eigenvalue weighted by atomic mass is 10.6. The maximum absolute atomic E-state index is 5.15. The third-order valence-electron chi connectivity index (χ3n) is 1.16. The van der Waals surface area contributed by atoms with E-state index < -0.39 is 0 Å². The molecule has 0 amide bonds. The molecule has 1 aliphatic heterocycles. The predicted molar refractivity (Wildman–Crippen MR) is 31.7 cm³/mol. The third-order valence-corrected chi connectivity index (χ3v) is 1.16. The molecule has 0 saturated carbocycles. The Bertz CT molecular complexity index is 120. The van der Waals surface area contributed by atoms with E-state index in [1.165, 1.54) is 0 Å². The first-order valence-electron chi connectivity index (χ1n) is 2.60. The largest absolute Gasteiger partial charge is 0.474 e. The molecule has 0 bridgehead atoms. The molecule has 1 heterocycles. The minimum Gasteiger partial charge on any atom is -0.474 e. The van der Waals surface area contributed by atoms with Gasteiger partial charge in [-0.3, -0.25) is 0 Å². The molecule has 2 heteroatoms. The number of hydrogen-bond donors (Lipinski definition) is 0. The van der Waals surface area contributed by atoms with Gasteiger partial charge in [-0.1, -0.05) is 0 Å². The maximum atomic E-state index is 5.15. The summed E-state index contributed by atoms with van der Waals surface area (Å²) in [5.74, 6) is 0.938. The Hall–Kier alpha value is -0.660. The monoisotopic (exact) mass is 112 g/mol. The van der Waals surface area contributed by atoms with Crippen molar-refractivity contribution in [2.75, 3.05) is 7.05 Å². The molecule has 0 aromatic rings. The second kappa shape index (κ2) is 1.69. The lowest BCUT2D eigenvalue weighted by Crippen LogP contribution is -2.19. The molecule has 2 nitrogen and oxygen atoms in total. The van der Waals surface area contributed by atoms with E-state index in [1.54, 1.807) is 0 Å². The van der Waals surface area contributed by atoms with Crippen LogP contribution in [0.15, 0.2) is 12.0 Å². The maximum Gasteiger partial charge on any atom is 0.171 e. The van der Waals surface area contributed by atoms with Crippen LogP contribution in [0, 0.1) is 6.92 Å². The van der Waals surface area contributed by atoms with Crippen molar-refractivity contribution in [3.05, 3.63) is 18.9 Å². The highest BCUT2D eigenvalue weighted by atomic mass is 16.5. The molecule has 0 aromatic heterocycles. The van der Waals surface area contributed by atoms with E-state index in [1.807, 2.05) is 25.1 Å². The number of ether oxygens (including phenoxy) is 1. The normalized spacial score (nSPS) is 27.6. The number of nitrogens with zero attached hydrogens (tertiary/aromatic N) is 1. The number of hydrogen-bond acceptors (Lipinski definition) is 2. The summed E-state index contributed by atoms with van der Waals surface area (Å²) in [4.78, 5) is 1.93. The van der Waals surface area contributed by atoms with Crippen molar-refractivity contribution in [1.29, 1.82) is 0 Å². The van der Waals surface area contributed by atoms with Crippen LogP contribution in [0.2, 0.25) is 0 Å². The molecular formula is C6H10NO. The summed E-state index contributed by atoms with van der Waals surface area (Å²) in [6.07, 6.45) is 1.91. The van der Waals surface area contributed by atoms with Crippen molar-refractivity contribution in [1.82, 2.24) is 4.90 Å². The van der Waals surface area contributed by atoms with Crippen molar-refractivity contribution >= 4 is 0 Å². The van der Waals surface area contributed by atoms with Crippen LogP contribution in [0.4, 0.5) is 0 Å². The van der Waals surface area contributed by atoms with Crippen molar-refractivity contribution in [3.63, 3.8) is 0 Å². The summed E-state index contributed by atoms with van der Waals surface area (Å²) in [5.41, 5.74) is 0. The van der Waals surface area contributed by atoms with Crippen LogP contribution in [-0.4, -0.2) is 18.2 Å². The summed E-state index contributed by atoms with van der Waals surface area (Å²) < 4.78 is 5.15. The van der Waals surface area contributed by atoms with Crippen LogP contribution in [-0.2, 0) is 4.74 Å². The van der Waals surface area contributed by atoms with E-state index in [0.29, 0.717) is 0 Å². The molecule has 1 rings (SSSR count). The first kappa shape index (κ1) is 5.48.